The molecule has 0 unspecified atom stereocenters. The predicted molar refractivity (Wildman–Crippen MR) is 80.1 cm³/mol. The Labute approximate surface area is 125 Å². The highest BCUT2D eigenvalue weighted by Gasteiger charge is 2.22. The first-order valence-corrected chi connectivity index (χ1v) is 6.64. The van der Waals surface area contributed by atoms with Crippen LogP contribution in [0.15, 0.2) is 48.2 Å². The third-order valence-electron chi connectivity index (χ3n) is 2.85. The third kappa shape index (κ3) is 2.38. The second-order valence-corrected chi connectivity index (χ2v) is 5.01. The van der Waals surface area contributed by atoms with E-state index in [2.05, 4.69) is 5.32 Å². The van der Waals surface area contributed by atoms with E-state index in [0.29, 0.717) is 27.0 Å². The zero-order valence-electron chi connectivity index (χ0n) is 10.2. The van der Waals surface area contributed by atoms with Crippen LogP contribution >= 0.6 is 23.2 Å². The van der Waals surface area contributed by atoms with Crippen molar-refractivity contribution >= 4 is 40.9 Å². The summed E-state index contributed by atoms with van der Waals surface area (Å²) in [5.74, 6) is 0.403. The molecule has 0 fully saturated rings. The number of hydrogen-bond donors (Lipinski definition) is 1. The highest BCUT2D eigenvalue weighted by molar-refractivity contribution is 6.37. The minimum Gasteiger partial charge on any atom is -0.449 e. The summed E-state index contributed by atoms with van der Waals surface area (Å²) < 4.78 is 5.59. The van der Waals surface area contributed by atoms with Gasteiger partial charge >= 0.3 is 0 Å². The van der Waals surface area contributed by atoms with E-state index < -0.39 is 0 Å². The van der Waals surface area contributed by atoms with Gasteiger partial charge in [-0.25, -0.2) is 0 Å². The second-order valence-electron chi connectivity index (χ2n) is 4.20. The number of ether oxygens (including phenoxy) is 1. The molecule has 2 aromatic carbocycles. The van der Waals surface area contributed by atoms with Crippen LogP contribution in [0, 0.1) is 0 Å². The lowest BCUT2D eigenvalue weighted by molar-refractivity contribution is -0.115. The fraction of sp³-hybridized carbons (Fsp3) is 0. The van der Waals surface area contributed by atoms with Crippen LogP contribution in [-0.2, 0) is 4.79 Å². The number of amides is 1. The van der Waals surface area contributed by atoms with Gasteiger partial charge in [0, 0.05) is 15.6 Å². The molecule has 3 nitrogen and oxygen atoms in total. The van der Waals surface area contributed by atoms with E-state index in [1.165, 1.54) is 6.08 Å². The number of nitrogens with one attached hydrogen (secondary N) is 1. The summed E-state index contributed by atoms with van der Waals surface area (Å²) >= 11 is 12.2. The summed E-state index contributed by atoms with van der Waals surface area (Å²) in [6, 6.07) is 12.3. The van der Waals surface area contributed by atoms with Crippen LogP contribution in [0.25, 0.3) is 6.08 Å². The summed E-state index contributed by atoms with van der Waals surface area (Å²) in [6.45, 7) is 0. The molecule has 0 aliphatic carbocycles. The molecule has 1 amide bonds. The minimum atomic E-state index is -0.334. The van der Waals surface area contributed by atoms with Gasteiger partial charge in [-0.3, -0.25) is 4.79 Å². The highest BCUT2D eigenvalue weighted by Crippen LogP contribution is 2.33. The Bertz CT molecular complexity index is 705. The lowest BCUT2D eigenvalue weighted by Crippen LogP contribution is -2.23. The zero-order valence-corrected chi connectivity index (χ0v) is 11.7. The normalized spacial score (nSPS) is 15.5. The predicted octanol–water partition coefficient (Wildman–Crippen LogP) is 4.37. The second kappa shape index (κ2) is 5.19. The van der Waals surface area contributed by atoms with Crippen molar-refractivity contribution in [2.45, 2.75) is 0 Å². The number of para-hydroxylation sites is 2. The fourth-order valence-corrected chi connectivity index (χ4v) is 2.39. The standard InChI is InChI=1S/C15H9Cl2NO2/c16-10-4-3-5-11(17)9(10)8-14-15(19)18-12-6-1-2-7-13(12)20-14/h1-8H,(H,18,19)/b14-8+. The Morgan fingerprint density at radius 2 is 1.70 bits per heavy atom. The number of anilines is 1. The molecule has 100 valence electrons. The molecule has 0 bridgehead atoms. The molecule has 0 saturated carbocycles. The average Bonchev–Trinajstić information content (AvgIpc) is 2.43. The van der Waals surface area contributed by atoms with Crippen molar-refractivity contribution in [3.05, 3.63) is 63.8 Å². The topological polar surface area (TPSA) is 38.3 Å². The molecule has 1 aliphatic rings. The van der Waals surface area contributed by atoms with E-state index in [1.54, 1.807) is 30.3 Å². The Hall–Kier alpha value is -1.97. The summed E-state index contributed by atoms with van der Waals surface area (Å²) in [5.41, 5.74) is 1.19. The molecule has 5 heteroatoms. The fourth-order valence-electron chi connectivity index (χ4n) is 1.88. The Kier molecular flexibility index (Phi) is 3.38. The first kappa shape index (κ1) is 13.0. The van der Waals surface area contributed by atoms with E-state index in [4.69, 9.17) is 27.9 Å². The van der Waals surface area contributed by atoms with Gasteiger partial charge in [-0.05, 0) is 30.3 Å². The number of carbonyl (C=O) groups is 1. The Morgan fingerprint density at radius 1 is 1.00 bits per heavy atom. The maximum absolute atomic E-state index is 12.0. The van der Waals surface area contributed by atoms with Crippen molar-refractivity contribution in [3.63, 3.8) is 0 Å². The van der Waals surface area contributed by atoms with Crippen molar-refractivity contribution in [3.8, 4) is 5.75 Å². The maximum atomic E-state index is 12.0. The molecule has 1 N–H and O–H groups in total. The van der Waals surface area contributed by atoms with E-state index in [0.717, 1.165) is 0 Å². The molecule has 0 radical (unpaired) electrons. The van der Waals surface area contributed by atoms with Gasteiger partial charge in [-0.1, -0.05) is 41.4 Å². The van der Waals surface area contributed by atoms with Crippen LogP contribution in [0.1, 0.15) is 5.56 Å². The molecule has 0 saturated heterocycles. The van der Waals surface area contributed by atoms with E-state index in [1.807, 2.05) is 12.1 Å². The molecule has 2 aromatic rings. The first-order chi connectivity index (χ1) is 9.65. The lowest BCUT2D eigenvalue weighted by atomic mass is 10.1. The van der Waals surface area contributed by atoms with Crippen molar-refractivity contribution in [2.75, 3.05) is 5.32 Å². The number of carbonyl (C=O) groups excluding carboxylic acids is 1. The minimum absolute atomic E-state index is 0.152. The van der Waals surface area contributed by atoms with Gasteiger partial charge in [0.25, 0.3) is 5.91 Å². The highest BCUT2D eigenvalue weighted by atomic mass is 35.5. The van der Waals surface area contributed by atoms with Crippen molar-refractivity contribution < 1.29 is 9.53 Å². The van der Waals surface area contributed by atoms with Crippen LogP contribution < -0.4 is 10.1 Å². The molecule has 20 heavy (non-hydrogen) atoms. The first-order valence-electron chi connectivity index (χ1n) is 5.89. The summed E-state index contributed by atoms with van der Waals surface area (Å²) in [7, 11) is 0. The zero-order chi connectivity index (χ0) is 14.1. The number of halogens is 2. The van der Waals surface area contributed by atoms with Gasteiger partial charge < -0.3 is 10.1 Å². The lowest BCUT2D eigenvalue weighted by Gasteiger charge is -2.19. The van der Waals surface area contributed by atoms with Crippen LogP contribution in [0.3, 0.4) is 0 Å². The van der Waals surface area contributed by atoms with Gasteiger partial charge in [0.15, 0.2) is 11.5 Å². The van der Waals surface area contributed by atoms with Crippen LogP contribution in [0.4, 0.5) is 5.69 Å². The molecule has 1 heterocycles. The SMILES string of the molecule is O=C1Nc2ccccc2O/C1=C/c1c(Cl)cccc1Cl. The van der Waals surface area contributed by atoms with Crippen LogP contribution in [0.2, 0.25) is 10.0 Å². The summed E-state index contributed by atoms with van der Waals surface area (Å²) in [5, 5.41) is 3.67. The van der Waals surface area contributed by atoms with Crippen molar-refractivity contribution in [2.24, 2.45) is 0 Å². The maximum Gasteiger partial charge on any atom is 0.291 e. The smallest absolute Gasteiger partial charge is 0.291 e. The number of fused-ring (bicyclic) bond motifs is 1. The molecule has 0 spiro atoms. The van der Waals surface area contributed by atoms with Gasteiger partial charge in [-0.15, -0.1) is 0 Å². The van der Waals surface area contributed by atoms with Gasteiger partial charge in [-0.2, -0.15) is 0 Å². The van der Waals surface area contributed by atoms with E-state index in [-0.39, 0.29) is 11.7 Å². The van der Waals surface area contributed by atoms with Gasteiger partial charge in [0.05, 0.1) is 5.69 Å². The average molecular weight is 306 g/mol. The Morgan fingerprint density at radius 3 is 2.45 bits per heavy atom. The van der Waals surface area contributed by atoms with E-state index >= 15 is 0 Å². The molecule has 1 aliphatic heterocycles. The summed E-state index contributed by atoms with van der Waals surface area (Å²) in [4.78, 5) is 12.0. The van der Waals surface area contributed by atoms with Gasteiger partial charge in [0.2, 0.25) is 0 Å². The largest absolute Gasteiger partial charge is 0.449 e. The van der Waals surface area contributed by atoms with E-state index in [9.17, 15) is 4.79 Å². The Balaban J connectivity index is 2.03. The van der Waals surface area contributed by atoms with Crippen LogP contribution in [-0.4, -0.2) is 5.91 Å². The molecular weight excluding hydrogens is 297 g/mol. The van der Waals surface area contributed by atoms with Gasteiger partial charge in [0.1, 0.15) is 0 Å². The van der Waals surface area contributed by atoms with Crippen molar-refractivity contribution in [1.29, 1.82) is 0 Å². The third-order valence-corrected chi connectivity index (χ3v) is 3.51. The number of hydrogen-bond acceptors (Lipinski definition) is 2. The van der Waals surface area contributed by atoms with Crippen LogP contribution in [0.5, 0.6) is 5.75 Å². The molecule has 0 atom stereocenters. The quantitative estimate of drug-likeness (QED) is 0.795. The molecule has 0 aromatic heterocycles. The summed E-state index contributed by atoms with van der Waals surface area (Å²) in [6.07, 6.45) is 1.54. The monoisotopic (exact) mass is 305 g/mol. The molecule has 3 rings (SSSR count). The number of rotatable bonds is 1. The van der Waals surface area contributed by atoms with Crippen molar-refractivity contribution in [1.82, 2.24) is 0 Å². The molecular formula is C15H9Cl2NO2. The number of benzene rings is 2.